The van der Waals surface area contributed by atoms with E-state index in [-0.39, 0.29) is 11.7 Å². The second kappa shape index (κ2) is 9.26. The van der Waals surface area contributed by atoms with Gasteiger partial charge in [-0.1, -0.05) is 53.2 Å². The molecule has 1 amide bonds. The molecule has 0 unspecified atom stereocenters. The summed E-state index contributed by atoms with van der Waals surface area (Å²) in [5.41, 5.74) is 1.78. The van der Waals surface area contributed by atoms with E-state index in [4.69, 9.17) is 23.2 Å². The van der Waals surface area contributed by atoms with Crippen LogP contribution >= 0.6 is 35.0 Å². The molecule has 2 aromatic carbocycles. The number of hydrogen-bond donors (Lipinski definition) is 1. The number of aromatic nitrogens is 3. The Balaban J connectivity index is 1.62. The van der Waals surface area contributed by atoms with Crippen molar-refractivity contribution in [3.63, 3.8) is 0 Å². The molecule has 140 valence electrons. The maximum absolute atomic E-state index is 12.2. The second-order valence-electron chi connectivity index (χ2n) is 5.79. The third kappa shape index (κ3) is 5.48. The lowest BCUT2D eigenvalue weighted by atomic mass is 10.1. The third-order valence-electron chi connectivity index (χ3n) is 3.83. The standard InChI is InChI=1S/C19H18Cl2N4OS/c1-2-25-17(10-13-6-8-14(20)9-7-13)23-24-19(25)27-12-18(26)22-16-5-3-4-15(21)11-16/h3-9,11H,2,10,12H2,1H3,(H,22,26). The minimum absolute atomic E-state index is 0.118. The number of thioether (sulfide) groups is 1. The Morgan fingerprint density at radius 3 is 2.59 bits per heavy atom. The molecule has 0 bridgehead atoms. The number of anilines is 1. The van der Waals surface area contributed by atoms with Gasteiger partial charge in [0, 0.05) is 28.7 Å². The van der Waals surface area contributed by atoms with E-state index in [9.17, 15) is 4.79 Å². The first-order chi connectivity index (χ1) is 13.0. The Kier molecular flexibility index (Phi) is 6.77. The van der Waals surface area contributed by atoms with Gasteiger partial charge in [0.1, 0.15) is 5.82 Å². The highest BCUT2D eigenvalue weighted by Gasteiger charge is 2.14. The van der Waals surface area contributed by atoms with Crippen molar-refractivity contribution in [2.24, 2.45) is 0 Å². The van der Waals surface area contributed by atoms with E-state index in [0.717, 1.165) is 23.1 Å². The average Bonchev–Trinajstić information content (AvgIpc) is 3.03. The monoisotopic (exact) mass is 420 g/mol. The highest BCUT2D eigenvalue weighted by Crippen LogP contribution is 2.21. The summed E-state index contributed by atoms with van der Waals surface area (Å²) < 4.78 is 2.02. The van der Waals surface area contributed by atoms with Gasteiger partial charge in [-0.3, -0.25) is 4.79 Å². The van der Waals surface area contributed by atoms with Gasteiger partial charge < -0.3 is 9.88 Å². The van der Waals surface area contributed by atoms with Gasteiger partial charge in [-0.2, -0.15) is 0 Å². The normalized spacial score (nSPS) is 10.8. The highest BCUT2D eigenvalue weighted by molar-refractivity contribution is 7.99. The van der Waals surface area contributed by atoms with Crippen LogP contribution in [0.2, 0.25) is 10.0 Å². The smallest absolute Gasteiger partial charge is 0.234 e. The SMILES string of the molecule is CCn1c(Cc2ccc(Cl)cc2)nnc1SCC(=O)Nc1cccc(Cl)c1. The number of nitrogens with zero attached hydrogens (tertiary/aromatic N) is 3. The van der Waals surface area contributed by atoms with E-state index in [1.54, 1.807) is 24.3 Å². The van der Waals surface area contributed by atoms with Crippen LogP contribution in [0.1, 0.15) is 18.3 Å². The topological polar surface area (TPSA) is 59.8 Å². The largest absolute Gasteiger partial charge is 0.325 e. The van der Waals surface area contributed by atoms with Crippen LogP contribution in [0.4, 0.5) is 5.69 Å². The number of carbonyl (C=O) groups excluding carboxylic acids is 1. The van der Waals surface area contributed by atoms with Crippen molar-refractivity contribution in [3.8, 4) is 0 Å². The predicted molar refractivity (Wildman–Crippen MR) is 111 cm³/mol. The molecule has 0 aliphatic rings. The molecule has 8 heteroatoms. The van der Waals surface area contributed by atoms with Gasteiger partial charge in [-0.05, 0) is 42.8 Å². The maximum atomic E-state index is 12.2. The fourth-order valence-electron chi connectivity index (χ4n) is 2.55. The van der Waals surface area contributed by atoms with Crippen molar-refractivity contribution in [2.45, 2.75) is 25.0 Å². The zero-order chi connectivity index (χ0) is 19.2. The Hall–Kier alpha value is -2.02. The number of hydrogen-bond acceptors (Lipinski definition) is 4. The van der Waals surface area contributed by atoms with E-state index in [2.05, 4.69) is 15.5 Å². The van der Waals surface area contributed by atoms with Crippen LogP contribution in [-0.2, 0) is 17.8 Å². The highest BCUT2D eigenvalue weighted by atomic mass is 35.5. The van der Waals surface area contributed by atoms with Crippen LogP contribution in [0, 0.1) is 0 Å². The summed E-state index contributed by atoms with van der Waals surface area (Å²) in [7, 11) is 0. The van der Waals surface area contributed by atoms with E-state index in [0.29, 0.717) is 22.2 Å². The number of amides is 1. The molecule has 1 aromatic heterocycles. The van der Waals surface area contributed by atoms with Crippen molar-refractivity contribution in [2.75, 3.05) is 11.1 Å². The fraction of sp³-hybridized carbons (Fsp3) is 0.211. The summed E-state index contributed by atoms with van der Waals surface area (Å²) in [4.78, 5) is 12.2. The minimum Gasteiger partial charge on any atom is -0.325 e. The van der Waals surface area contributed by atoms with Gasteiger partial charge in [-0.25, -0.2) is 0 Å². The summed E-state index contributed by atoms with van der Waals surface area (Å²) in [5, 5.41) is 13.4. The number of rotatable bonds is 7. The van der Waals surface area contributed by atoms with Gasteiger partial charge in [0.2, 0.25) is 5.91 Å². The minimum atomic E-state index is -0.118. The van der Waals surface area contributed by atoms with Gasteiger partial charge in [0.15, 0.2) is 5.16 Å². The van der Waals surface area contributed by atoms with Crippen molar-refractivity contribution in [1.29, 1.82) is 0 Å². The molecule has 3 rings (SSSR count). The number of carbonyl (C=O) groups is 1. The van der Waals surface area contributed by atoms with Crippen molar-refractivity contribution in [1.82, 2.24) is 14.8 Å². The van der Waals surface area contributed by atoms with Crippen LogP contribution in [0.25, 0.3) is 0 Å². The molecule has 0 saturated heterocycles. The van der Waals surface area contributed by atoms with Crippen molar-refractivity contribution >= 4 is 46.6 Å². The molecule has 0 aliphatic heterocycles. The fourth-order valence-corrected chi connectivity index (χ4v) is 3.69. The Bertz CT molecular complexity index is 928. The predicted octanol–water partition coefficient (Wildman–Crippen LogP) is 4.93. The van der Waals surface area contributed by atoms with Gasteiger partial charge >= 0.3 is 0 Å². The van der Waals surface area contributed by atoms with Crippen LogP contribution in [0.3, 0.4) is 0 Å². The molecule has 1 N–H and O–H groups in total. The maximum Gasteiger partial charge on any atom is 0.234 e. The number of nitrogens with one attached hydrogen (secondary N) is 1. The van der Waals surface area contributed by atoms with E-state index >= 15 is 0 Å². The molecular weight excluding hydrogens is 403 g/mol. The summed E-state index contributed by atoms with van der Waals surface area (Å²) in [6.45, 7) is 2.76. The van der Waals surface area contributed by atoms with Gasteiger partial charge in [0.25, 0.3) is 0 Å². The van der Waals surface area contributed by atoms with Crippen LogP contribution < -0.4 is 5.32 Å². The average molecular weight is 421 g/mol. The molecule has 0 radical (unpaired) electrons. The summed E-state index contributed by atoms with van der Waals surface area (Å²) in [6, 6.07) is 14.7. The quantitative estimate of drug-likeness (QED) is 0.550. The Morgan fingerprint density at radius 2 is 1.89 bits per heavy atom. The van der Waals surface area contributed by atoms with E-state index < -0.39 is 0 Å². The summed E-state index contributed by atoms with van der Waals surface area (Å²) in [6.07, 6.45) is 0.660. The number of benzene rings is 2. The molecule has 0 atom stereocenters. The lowest BCUT2D eigenvalue weighted by molar-refractivity contribution is -0.113. The van der Waals surface area contributed by atoms with E-state index in [1.807, 2.05) is 35.8 Å². The molecule has 0 saturated carbocycles. The summed E-state index contributed by atoms with van der Waals surface area (Å²) >= 11 is 13.2. The van der Waals surface area contributed by atoms with Gasteiger partial charge in [0.05, 0.1) is 5.75 Å². The molecule has 5 nitrogen and oxygen atoms in total. The molecule has 27 heavy (non-hydrogen) atoms. The Labute approximate surface area is 172 Å². The van der Waals surface area contributed by atoms with Crippen LogP contribution in [0.5, 0.6) is 0 Å². The number of halogens is 2. The van der Waals surface area contributed by atoms with Crippen LogP contribution in [0.15, 0.2) is 53.7 Å². The van der Waals surface area contributed by atoms with E-state index in [1.165, 1.54) is 11.8 Å². The van der Waals surface area contributed by atoms with Crippen LogP contribution in [-0.4, -0.2) is 26.4 Å². The molecule has 3 aromatic rings. The molecule has 0 fully saturated rings. The molecule has 0 spiro atoms. The molecule has 0 aliphatic carbocycles. The first-order valence-electron chi connectivity index (χ1n) is 8.40. The molecule has 1 heterocycles. The molecular formula is C19H18Cl2N4OS. The lowest BCUT2D eigenvalue weighted by Crippen LogP contribution is -2.14. The second-order valence-corrected chi connectivity index (χ2v) is 7.61. The zero-order valence-corrected chi connectivity index (χ0v) is 17.0. The van der Waals surface area contributed by atoms with Crippen molar-refractivity contribution < 1.29 is 4.79 Å². The van der Waals surface area contributed by atoms with Gasteiger partial charge in [-0.15, -0.1) is 10.2 Å². The zero-order valence-electron chi connectivity index (χ0n) is 14.7. The first-order valence-corrected chi connectivity index (χ1v) is 10.1. The first kappa shape index (κ1) is 19.7. The third-order valence-corrected chi connectivity index (χ3v) is 5.28. The lowest BCUT2D eigenvalue weighted by Gasteiger charge is -2.08. The van der Waals surface area contributed by atoms with Crippen molar-refractivity contribution in [3.05, 3.63) is 70.0 Å². The Morgan fingerprint density at radius 1 is 1.11 bits per heavy atom. The summed E-state index contributed by atoms with van der Waals surface area (Å²) in [5.74, 6) is 0.982.